The number of benzene rings is 3. The zero-order valence-electron chi connectivity index (χ0n) is 15.9. The Morgan fingerprint density at radius 3 is 2.68 bits per heavy atom. The molecular formula is C24H24ClN3. The lowest BCUT2D eigenvalue weighted by Crippen LogP contribution is -2.46. The summed E-state index contributed by atoms with van der Waals surface area (Å²) in [5.74, 6) is 0. The Kier molecular flexibility index (Phi) is 3.82. The number of para-hydroxylation sites is 2. The number of hydrogen-bond donors (Lipinski definition) is 1. The lowest BCUT2D eigenvalue weighted by molar-refractivity contribution is 0.154. The number of rotatable bonds is 2. The molecule has 0 aromatic heterocycles. The summed E-state index contributed by atoms with van der Waals surface area (Å²) >= 11 is 6.57. The predicted molar refractivity (Wildman–Crippen MR) is 117 cm³/mol. The van der Waals surface area contributed by atoms with Crippen molar-refractivity contribution in [2.24, 2.45) is 0 Å². The molecule has 1 atom stereocenters. The van der Waals surface area contributed by atoms with Crippen molar-refractivity contribution in [2.75, 3.05) is 30.0 Å². The SMILES string of the molecule is Clc1ccc2cccc3c2c1CC3N1CCC(N2CNc3ccccc32)CC1. The molecule has 0 amide bonds. The Morgan fingerprint density at radius 1 is 0.929 bits per heavy atom. The average Bonchev–Trinajstić information content (AvgIpc) is 3.34. The quantitative estimate of drug-likeness (QED) is 0.629. The van der Waals surface area contributed by atoms with Gasteiger partial charge in [-0.25, -0.2) is 0 Å². The van der Waals surface area contributed by atoms with Crippen molar-refractivity contribution in [2.45, 2.75) is 31.3 Å². The zero-order valence-corrected chi connectivity index (χ0v) is 16.6. The standard InChI is InChI=1S/C24H24ClN3/c25-20-9-8-16-4-3-5-18-23(14-19(20)24(16)18)27-12-10-17(11-13-27)28-15-26-21-6-1-2-7-22(21)28/h1-9,17,23,26H,10-15H2. The van der Waals surface area contributed by atoms with Crippen LogP contribution in [0.4, 0.5) is 11.4 Å². The first kappa shape index (κ1) is 16.7. The van der Waals surface area contributed by atoms with Gasteiger partial charge in [0.2, 0.25) is 0 Å². The molecular weight excluding hydrogens is 366 g/mol. The molecule has 3 aromatic carbocycles. The molecule has 1 aliphatic carbocycles. The van der Waals surface area contributed by atoms with E-state index < -0.39 is 0 Å². The molecule has 0 saturated carbocycles. The molecule has 3 aliphatic rings. The highest BCUT2D eigenvalue weighted by Crippen LogP contribution is 2.44. The third-order valence-corrected chi connectivity index (χ3v) is 7.27. The second-order valence-electron chi connectivity index (χ2n) is 8.28. The molecule has 28 heavy (non-hydrogen) atoms. The van der Waals surface area contributed by atoms with Crippen molar-refractivity contribution in [3.8, 4) is 0 Å². The third-order valence-electron chi connectivity index (χ3n) is 6.92. The second kappa shape index (κ2) is 6.40. The van der Waals surface area contributed by atoms with Gasteiger partial charge in [-0.2, -0.15) is 0 Å². The highest BCUT2D eigenvalue weighted by atomic mass is 35.5. The summed E-state index contributed by atoms with van der Waals surface area (Å²) in [7, 11) is 0. The van der Waals surface area contributed by atoms with Crippen LogP contribution in [-0.4, -0.2) is 30.7 Å². The molecule has 1 saturated heterocycles. The number of likely N-dealkylation sites (tertiary alicyclic amines) is 1. The van der Waals surface area contributed by atoms with E-state index in [-0.39, 0.29) is 0 Å². The molecule has 4 heteroatoms. The number of nitrogens with zero attached hydrogens (tertiary/aromatic N) is 2. The first-order valence-corrected chi connectivity index (χ1v) is 10.7. The lowest BCUT2D eigenvalue weighted by Gasteiger charge is -2.40. The van der Waals surface area contributed by atoms with Gasteiger partial charge in [-0.15, -0.1) is 0 Å². The van der Waals surface area contributed by atoms with Crippen molar-refractivity contribution >= 4 is 33.7 Å². The Labute approximate surface area is 170 Å². The van der Waals surface area contributed by atoms with Crippen LogP contribution in [0.1, 0.15) is 30.0 Å². The molecule has 1 N–H and O–H groups in total. The number of hydrogen-bond acceptors (Lipinski definition) is 3. The number of anilines is 2. The Balaban J connectivity index is 1.22. The molecule has 2 heterocycles. The van der Waals surface area contributed by atoms with Gasteiger partial charge < -0.3 is 10.2 Å². The van der Waals surface area contributed by atoms with E-state index in [1.807, 2.05) is 0 Å². The Bertz CT molecular complexity index is 1050. The largest absolute Gasteiger partial charge is 0.366 e. The highest BCUT2D eigenvalue weighted by Gasteiger charge is 2.35. The summed E-state index contributed by atoms with van der Waals surface area (Å²) in [6.07, 6.45) is 3.48. The van der Waals surface area contributed by atoms with Crippen LogP contribution in [0.15, 0.2) is 54.6 Å². The fourth-order valence-electron chi connectivity index (χ4n) is 5.53. The van der Waals surface area contributed by atoms with Crippen molar-refractivity contribution < 1.29 is 0 Å². The van der Waals surface area contributed by atoms with E-state index in [1.165, 1.54) is 46.1 Å². The number of fused-ring (bicyclic) bond motifs is 1. The first-order valence-electron chi connectivity index (χ1n) is 10.3. The maximum absolute atomic E-state index is 6.57. The van der Waals surface area contributed by atoms with Gasteiger partial charge in [-0.3, -0.25) is 4.90 Å². The summed E-state index contributed by atoms with van der Waals surface area (Å²) in [6, 6.07) is 20.7. The van der Waals surface area contributed by atoms with E-state index in [9.17, 15) is 0 Å². The lowest BCUT2D eigenvalue weighted by atomic mass is 9.98. The Hall–Kier alpha value is -2.23. The average molecular weight is 390 g/mol. The van der Waals surface area contributed by atoms with Crippen LogP contribution in [-0.2, 0) is 6.42 Å². The van der Waals surface area contributed by atoms with Crippen LogP contribution in [0.5, 0.6) is 0 Å². The summed E-state index contributed by atoms with van der Waals surface area (Å²) in [4.78, 5) is 5.25. The van der Waals surface area contributed by atoms with Crippen molar-refractivity contribution in [3.63, 3.8) is 0 Å². The van der Waals surface area contributed by atoms with Gasteiger partial charge in [0.25, 0.3) is 0 Å². The van der Waals surface area contributed by atoms with E-state index in [2.05, 4.69) is 69.7 Å². The monoisotopic (exact) mass is 389 g/mol. The Morgan fingerprint density at radius 2 is 1.79 bits per heavy atom. The third kappa shape index (κ3) is 2.46. The van der Waals surface area contributed by atoms with Gasteiger partial charge in [-0.05, 0) is 59.4 Å². The minimum Gasteiger partial charge on any atom is -0.366 e. The number of halogens is 1. The molecule has 6 rings (SSSR count). The zero-order chi connectivity index (χ0) is 18.7. The summed E-state index contributed by atoms with van der Waals surface area (Å²) in [6.45, 7) is 3.24. The summed E-state index contributed by atoms with van der Waals surface area (Å²) in [5.41, 5.74) is 5.46. The number of nitrogens with one attached hydrogen (secondary N) is 1. The fourth-order valence-corrected chi connectivity index (χ4v) is 5.76. The molecule has 1 unspecified atom stereocenters. The van der Waals surface area contributed by atoms with Crippen LogP contribution in [0.2, 0.25) is 5.02 Å². The van der Waals surface area contributed by atoms with Gasteiger partial charge in [-0.1, -0.05) is 48.0 Å². The van der Waals surface area contributed by atoms with Gasteiger partial charge in [0.15, 0.2) is 0 Å². The van der Waals surface area contributed by atoms with Gasteiger partial charge in [0.05, 0.1) is 18.0 Å². The number of piperidine rings is 1. The topological polar surface area (TPSA) is 18.5 Å². The molecule has 2 aliphatic heterocycles. The highest BCUT2D eigenvalue weighted by molar-refractivity contribution is 6.32. The van der Waals surface area contributed by atoms with E-state index in [4.69, 9.17) is 11.6 Å². The molecule has 3 aromatic rings. The van der Waals surface area contributed by atoms with Gasteiger partial charge in [0, 0.05) is 30.2 Å². The van der Waals surface area contributed by atoms with Crippen LogP contribution in [0.3, 0.4) is 0 Å². The van der Waals surface area contributed by atoms with Crippen LogP contribution >= 0.6 is 11.6 Å². The van der Waals surface area contributed by atoms with Crippen LogP contribution in [0, 0.1) is 0 Å². The summed E-state index contributed by atoms with van der Waals surface area (Å²) < 4.78 is 0. The van der Waals surface area contributed by atoms with E-state index in [0.29, 0.717) is 12.1 Å². The maximum atomic E-state index is 6.57. The first-order chi connectivity index (χ1) is 13.8. The van der Waals surface area contributed by atoms with E-state index >= 15 is 0 Å². The fraction of sp³-hybridized carbons (Fsp3) is 0.333. The van der Waals surface area contributed by atoms with Crippen molar-refractivity contribution in [1.82, 2.24) is 4.90 Å². The molecule has 142 valence electrons. The maximum Gasteiger partial charge on any atom is 0.0880 e. The summed E-state index contributed by atoms with van der Waals surface area (Å²) in [5, 5.41) is 7.20. The van der Waals surface area contributed by atoms with Crippen LogP contribution < -0.4 is 10.2 Å². The molecule has 3 nitrogen and oxygen atoms in total. The minimum atomic E-state index is 0.475. The second-order valence-corrected chi connectivity index (χ2v) is 8.69. The van der Waals surface area contributed by atoms with E-state index in [0.717, 1.165) is 31.2 Å². The van der Waals surface area contributed by atoms with Crippen molar-refractivity contribution in [3.05, 3.63) is 70.7 Å². The minimum absolute atomic E-state index is 0.475. The van der Waals surface area contributed by atoms with Crippen molar-refractivity contribution in [1.29, 1.82) is 0 Å². The molecule has 0 spiro atoms. The smallest absolute Gasteiger partial charge is 0.0880 e. The predicted octanol–water partition coefficient (Wildman–Crippen LogP) is 5.44. The molecule has 0 radical (unpaired) electrons. The normalized spacial score (nSPS) is 21.9. The van der Waals surface area contributed by atoms with E-state index in [1.54, 1.807) is 0 Å². The van der Waals surface area contributed by atoms with Gasteiger partial charge in [0.1, 0.15) is 0 Å². The molecule has 1 fully saturated rings. The van der Waals surface area contributed by atoms with Crippen LogP contribution in [0.25, 0.3) is 10.8 Å². The van der Waals surface area contributed by atoms with Gasteiger partial charge >= 0.3 is 0 Å². The molecule has 0 bridgehead atoms.